The van der Waals surface area contributed by atoms with Crippen LogP contribution in [0.25, 0.3) is 5.69 Å². The Morgan fingerprint density at radius 3 is 2.89 bits per heavy atom. The summed E-state index contributed by atoms with van der Waals surface area (Å²) in [6, 6.07) is 7.31. The van der Waals surface area contributed by atoms with E-state index in [1.54, 1.807) is 6.07 Å². The zero-order valence-corrected chi connectivity index (χ0v) is 10.5. The minimum Gasteiger partial charge on any atom is -0.352 e. The van der Waals surface area contributed by atoms with E-state index < -0.39 is 0 Å². The van der Waals surface area contributed by atoms with Crippen molar-refractivity contribution < 1.29 is 4.79 Å². The highest BCUT2D eigenvalue weighted by Crippen LogP contribution is 2.25. The maximum atomic E-state index is 12.2. The van der Waals surface area contributed by atoms with E-state index in [1.807, 2.05) is 18.2 Å². The fourth-order valence-corrected chi connectivity index (χ4v) is 2.17. The summed E-state index contributed by atoms with van der Waals surface area (Å²) < 4.78 is 1.50. The molecule has 0 bridgehead atoms. The summed E-state index contributed by atoms with van der Waals surface area (Å²) in [6.45, 7) is 0.753. The number of nitrogens with one attached hydrogen (secondary N) is 1. The minimum absolute atomic E-state index is 0.0713. The molecular weight excluding hydrogens is 242 g/mol. The number of amides is 1. The van der Waals surface area contributed by atoms with Crippen molar-refractivity contribution in [3.05, 3.63) is 36.2 Å². The number of para-hydroxylation sites is 1. The second-order valence-corrected chi connectivity index (χ2v) is 4.78. The summed E-state index contributed by atoms with van der Waals surface area (Å²) in [5.74, 6) is 0.571. The van der Waals surface area contributed by atoms with E-state index in [2.05, 4.69) is 20.8 Å². The summed E-state index contributed by atoms with van der Waals surface area (Å²) in [4.78, 5) is 12.2. The molecule has 1 amide bonds. The third-order valence-corrected chi connectivity index (χ3v) is 3.52. The van der Waals surface area contributed by atoms with E-state index in [1.165, 1.54) is 30.3 Å². The highest BCUT2D eigenvalue weighted by molar-refractivity contribution is 5.97. The van der Waals surface area contributed by atoms with Crippen LogP contribution in [0.1, 0.15) is 29.6 Å². The Bertz CT molecular complexity index is 562. The zero-order valence-electron chi connectivity index (χ0n) is 10.5. The molecule has 1 aliphatic rings. The Kier molecular flexibility index (Phi) is 3.22. The average molecular weight is 257 g/mol. The third kappa shape index (κ3) is 2.47. The molecule has 3 rings (SSSR count). The zero-order chi connectivity index (χ0) is 13.1. The van der Waals surface area contributed by atoms with Gasteiger partial charge in [0, 0.05) is 6.54 Å². The van der Waals surface area contributed by atoms with Crippen LogP contribution in [0.5, 0.6) is 0 Å². The van der Waals surface area contributed by atoms with Crippen LogP contribution in [-0.2, 0) is 0 Å². The number of rotatable bonds is 4. The molecule has 19 heavy (non-hydrogen) atoms. The molecule has 1 N–H and O–H groups in total. The van der Waals surface area contributed by atoms with Crippen LogP contribution in [0.15, 0.2) is 30.6 Å². The minimum atomic E-state index is -0.0713. The Morgan fingerprint density at radius 2 is 2.21 bits per heavy atom. The molecule has 0 radical (unpaired) electrons. The van der Waals surface area contributed by atoms with Gasteiger partial charge in [0.2, 0.25) is 0 Å². The van der Waals surface area contributed by atoms with Crippen molar-refractivity contribution in [3.8, 4) is 5.69 Å². The lowest BCUT2D eigenvalue weighted by Crippen LogP contribution is -2.32. The van der Waals surface area contributed by atoms with Crippen LogP contribution in [-0.4, -0.2) is 32.7 Å². The molecule has 98 valence electrons. The Morgan fingerprint density at radius 1 is 1.37 bits per heavy atom. The van der Waals surface area contributed by atoms with Gasteiger partial charge in [-0.3, -0.25) is 4.79 Å². The molecule has 1 aliphatic carbocycles. The first-order valence-corrected chi connectivity index (χ1v) is 6.45. The second kappa shape index (κ2) is 5.17. The Labute approximate surface area is 110 Å². The Balaban J connectivity index is 1.77. The first-order valence-electron chi connectivity index (χ1n) is 6.45. The first kappa shape index (κ1) is 11.8. The molecule has 6 nitrogen and oxygen atoms in total. The van der Waals surface area contributed by atoms with Gasteiger partial charge in [-0.25, -0.2) is 0 Å². The van der Waals surface area contributed by atoms with Crippen molar-refractivity contribution in [3.63, 3.8) is 0 Å². The lowest BCUT2D eigenvalue weighted by molar-refractivity contribution is 0.0939. The van der Waals surface area contributed by atoms with E-state index >= 15 is 0 Å². The van der Waals surface area contributed by atoms with Gasteiger partial charge in [-0.15, -0.1) is 5.10 Å². The molecule has 1 aromatic carbocycles. The normalized spacial score (nSPS) is 14.9. The van der Waals surface area contributed by atoms with Crippen LogP contribution in [0.3, 0.4) is 0 Å². The first-order chi connectivity index (χ1) is 9.34. The van der Waals surface area contributed by atoms with Gasteiger partial charge in [-0.05, 0) is 41.3 Å². The highest BCUT2D eigenvalue weighted by atomic mass is 16.1. The van der Waals surface area contributed by atoms with Gasteiger partial charge >= 0.3 is 0 Å². The second-order valence-electron chi connectivity index (χ2n) is 4.78. The molecule has 0 saturated heterocycles. The summed E-state index contributed by atoms with van der Waals surface area (Å²) in [5.41, 5.74) is 1.28. The molecule has 2 aromatic rings. The van der Waals surface area contributed by atoms with Crippen molar-refractivity contribution in [2.75, 3.05) is 6.54 Å². The molecule has 0 unspecified atom stereocenters. The molecule has 0 aliphatic heterocycles. The number of nitrogens with zero attached hydrogens (tertiary/aromatic N) is 4. The molecule has 0 spiro atoms. The summed E-state index contributed by atoms with van der Waals surface area (Å²) >= 11 is 0. The molecule has 1 fully saturated rings. The van der Waals surface area contributed by atoms with Crippen LogP contribution in [0, 0.1) is 5.92 Å². The van der Waals surface area contributed by atoms with E-state index in [0.29, 0.717) is 17.2 Å². The highest BCUT2D eigenvalue weighted by Gasteiger charge is 2.19. The quantitative estimate of drug-likeness (QED) is 0.893. The van der Waals surface area contributed by atoms with E-state index in [9.17, 15) is 4.79 Å². The largest absolute Gasteiger partial charge is 0.352 e. The summed E-state index contributed by atoms with van der Waals surface area (Å²) in [5, 5.41) is 14.0. The fourth-order valence-electron chi connectivity index (χ4n) is 2.17. The molecule has 1 heterocycles. The van der Waals surface area contributed by atoms with Crippen LogP contribution >= 0.6 is 0 Å². The average Bonchev–Trinajstić information content (AvgIpc) is 2.90. The van der Waals surface area contributed by atoms with E-state index in [0.717, 1.165) is 6.54 Å². The van der Waals surface area contributed by atoms with Gasteiger partial charge < -0.3 is 5.32 Å². The predicted molar refractivity (Wildman–Crippen MR) is 68.8 cm³/mol. The topological polar surface area (TPSA) is 72.7 Å². The van der Waals surface area contributed by atoms with Gasteiger partial charge in [0.05, 0.1) is 11.3 Å². The van der Waals surface area contributed by atoms with Gasteiger partial charge in [-0.1, -0.05) is 18.6 Å². The van der Waals surface area contributed by atoms with Crippen molar-refractivity contribution in [2.45, 2.75) is 19.3 Å². The molecule has 0 atom stereocenters. The van der Waals surface area contributed by atoms with E-state index in [-0.39, 0.29) is 5.91 Å². The summed E-state index contributed by atoms with van der Waals surface area (Å²) in [7, 11) is 0. The van der Waals surface area contributed by atoms with Crippen molar-refractivity contribution in [1.29, 1.82) is 0 Å². The van der Waals surface area contributed by atoms with Gasteiger partial charge in [-0.2, -0.15) is 4.68 Å². The number of hydrogen-bond donors (Lipinski definition) is 1. The smallest absolute Gasteiger partial charge is 0.253 e. The van der Waals surface area contributed by atoms with Gasteiger partial charge in [0.25, 0.3) is 5.91 Å². The van der Waals surface area contributed by atoms with Gasteiger partial charge in [0.1, 0.15) is 6.33 Å². The standard InChI is InChI=1S/C13H15N5O/c19-13(14-8-10-4-3-5-10)11-6-1-2-7-12(11)18-9-15-16-17-18/h1-2,6-7,9-10H,3-5,8H2,(H,14,19). The lowest BCUT2D eigenvalue weighted by Gasteiger charge is -2.25. The number of carbonyl (C=O) groups excluding carboxylic acids is 1. The molecule has 1 aromatic heterocycles. The van der Waals surface area contributed by atoms with Crippen LogP contribution in [0.4, 0.5) is 0 Å². The SMILES string of the molecule is O=C(NCC1CCC1)c1ccccc1-n1cnnn1. The number of hydrogen-bond acceptors (Lipinski definition) is 4. The number of tetrazole rings is 1. The molecule has 1 saturated carbocycles. The van der Waals surface area contributed by atoms with Crippen LogP contribution in [0.2, 0.25) is 0 Å². The maximum absolute atomic E-state index is 12.2. The maximum Gasteiger partial charge on any atom is 0.253 e. The fraction of sp³-hybridized carbons (Fsp3) is 0.385. The van der Waals surface area contributed by atoms with Crippen molar-refractivity contribution in [1.82, 2.24) is 25.5 Å². The number of carbonyl (C=O) groups is 1. The Hall–Kier alpha value is -2.24. The van der Waals surface area contributed by atoms with Crippen molar-refractivity contribution >= 4 is 5.91 Å². The molecule has 6 heteroatoms. The lowest BCUT2D eigenvalue weighted by atomic mass is 9.85. The summed E-state index contributed by atoms with van der Waals surface area (Å²) in [6.07, 6.45) is 5.20. The predicted octanol–water partition coefficient (Wildman–Crippen LogP) is 1.19. The van der Waals surface area contributed by atoms with Gasteiger partial charge in [0.15, 0.2) is 0 Å². The monoisotopic (exact) mass is 257 g/mol. The molecular formula is C13H15N5O. The van der Waals surface area contributed by atoms with Crippen molar-refractivity contribution in [2.24, 2.45) is 5.92 Å². The van der Waals surface area contributed by atoms with Crippen LogP contribution < -0.4 is 5.32 Å². The number of benzene rings is 1. The van der Waals surface area contributed by atoms with E-state index in [4.69, 9.17) is 0 Å². The number of aromatic nitrogens is 4. The third-order valence-electron chi connectivity index (χ3n) is 3.52.